The molecule has 0 spiro atoms. The number of hydrogen-bond acceptors (Lipinski definition) is 5. The van der Waals surface area contributed by atoms with Gasteiger partial charge in [-0.1, -0.05) is 39.0 Å². The topological polar surface area (TPSA) is 71.5 Å². The van der Waals surface area contributed by atoms with E-state index in [1.54, 1.807) is 23.2 Å². The van der Waals surface area contributed by atoms with Crippen molar-refractivity contribution in [3.63, 3.8) is 0 Å². The molecule has 1 aliphatic rings. The first-order chi connectivity index (χ1) is 16.4. The monoisotopic (exact) mass is 477 g/mol. The van der Waals surface area contributed by atoms with Gasteiger partial charge in [0, 0.05) is 16.6 Å². The highest BCUT2D eigenvalue weighted by molar-refractivity contribution is 7.09. The maximum absolute atomic E-state index is 13.5. The molecule has 34 heavy (non-hydrogen) atoms. The molecular formula is C27H31N3O3S. The van der Waals surface area contributed by atoms with Gasteiger partial charge in [0.25, 0.3) is 5.91 Å². The van der Waals surface area contributed by atoms with Crippen LogP contribution in [0.25, 0.3) is 11.3 Å². The minimum atomic E-state index is -0.716. The normalized spacial score (nSPS) is 16.1. The maximum atomic E-state index is 13.5. The van der Waals surface area contributed by atoms with E-state index in [0.717, 1.165) is 45.9 Å². The minimum Gasteiger partial charge on any atom is -0.478 e. The van der Waals surface area contributed by atoms with Gasteiger partial charge in [0.2, 0.25) is 5.91 Å². The van der Waals surface area contributed by atoms with E-state index >= 15 is 0 Å². The number of nitrogens with zero attached hydrogens (tertiary/aromatic N) is 2. The summed E-state index contributed by atoms with van der Waals surface area (Å²) in [5.74, 6) is 0.176. The molecule has 0 aliphatic carbocycles. The fourth-order valence-corrected chi connectivity index (χ4v) is 4.97. The number of hydrogen-bond donors (Lipinski definition) is 1. The van der Waals surface area contributed by atoms with Crippen LogP contribution < -0.4 is 15.0 Å². The number of fused-ring (bicyclic) bond motifs is 1. The predicted molar refractivity (Wildman–Crippen MR) is 138 cm³/mol. The Morgan fingerprint density at radius 3 is 2.47 bits per heavy atom. The molecule has 0 radical (unpaired) electrons. The second kappa shape index (κ2) is 9.97. The number of ether oxygens (including phenoxy) is 1. The van der Waals surface area contributed by atoms with Gasteiger partial charge in [-0.25, -0.2) is 4.98 Å². The predicted octanol–water partition coefficient (Wildman–Crippen LogP) is 5.77. The zero-order valence-corrected chi connectivity index (χ0v) is 21.2. The highest BCUT2D eigenvalue weighted by Crippen LogP contribution is 2.39. The Morgan fingerprint density at radius 2 is 1.88 bits per heavy atom. The van der Waals surface area contributed by atoms with Crippen LogP contribution in [0.4, 0.5) is 11.4 Å². The van der Waals surface area contributed by atoms with Crippen molar-refractivity contribution in [1.82, 2.24) is 4.98 Å². The van der Waals surface area contributed by atoms with E-state index < -0.39 is 12.1 Å². The third-order valence-corrected chi connectivity index (χ3v) is 7.07. The van der Waals surface area contributed by atoms with Crippen molar-refractivity contribution in [3.05, 3.63) is 57.9 Å². The Kier molecular flexibility index (Phi) is 7.03. The fourth-order valence-electron chi connectivity index (χ4n) is 4.34. The van der Waals surface area contributed by atoms with Gasteiger partial charge in [-0.05, 0) is 62.4 Å². The van der Waals surface area contributed by atoms with Gasteiger partial charge in [0.15, 0.2) is 6.10 Å². The molecule has 4 rings (SSSR count). The SMILES string of the molecule is CCc1cccc(CC)c1NC(=O)C(C)N1C(=O)C(CC)Oc2ccc(-c3csc(C)n3)cc21. The van der Waals surface area contributed by atoms with Crippen molar-refractivity contribution in [2.45, 2.75) is 66.0 Å². The Morgan fingerprint density at radius 1 is 1.18 bits per heavy atom. The summed E-state index contributed by atoms with van der Waals surface area (Å²) in [7, 11) is 0. The molecule has 1 N–H and O–H groups in total. The summed E-state index contributed by atoms with van der Waals surface area (Å²) in [5.41, 5.74) is 5.35. The lowest BCUT2D eigenvalue weighted by Crippen LogP contribution is -2.53. The molecule has 0 saturated heterocycles. The lowest BCUT2D eigenvalue weighted by Gasteiger charge is -2.37. The Balaban J connectivity index is 1.71. The summed E-state index contributed by atoms with van der Waals surface area (Å²) < 4.78 is 6.00. The van der Waals surface area contributed by atoms with Crippen LogP contribution in [0, 0.1) is 6.92 Å². The summed E-state index contributed by atoms with van der Waals surface area (Å²) in [6.45, 7) is 9.79. The number of amides is 2. The lowest BCUT2D eigenvalue weighted by atomic mass is 10.0. The van der Waals surface area contributed by atoms with Crippen molar-refractivity contribution in [2.75, 3.05) is 10.2 Å². The van der Waals surface area contributed by atoms with E-state index in [-0.39, 0.29) is 11.8 Å². The second-order valence-corrected chi connectivity index (χ2v) is 9.54. The molecule has 7 heteroatoms. The van der Waals surface area contributed by atoms with Gasteiger partial charge in [-0.15, -0.1) is 11.3 Å². The number of aromatic nitrogens is 1. The smallest absolute Gasteiger partial charge is 0.268 e. The summed E-state index contributed by atoms with van der Waals surface area (Å²) >= 11 is 1.57. The number of benzene rings is 2. The number of para-hydroxylation sites is 1. The molecule has 2 amide bonds. The number of aryl methyl sites for hydroxylation is 3. The van der Waals surface area contributed by atoms with Gasteiger partial charge >= 0.3 is 0 Å². The van der Waals surface area contributed by atoms with Gasteiger partial charge < -0.3 is 10.1 Å². The Hall–Kier alpha value is -3.19. The average molecular weight is 478 g/mol. The van der Waals surface area contributed by atoms with E-state index in [0.29, 0.717) is 17.9 Å². The van der Waals surface area contributed by atoms with E-state index in [1.807, 2.05) is 55.6 Å². The third-order valence-electron chi connectivity index (χ3n) is 6.30. The van der Waals surface area contributed by atoms with Gasteiger partial charge in [0.05, 0.1) is 16.4 Å². The molecule has 1 aromatic heterocycles. The first kappa shape index (κ1) is 24.0. The van der Waals surface area contributed by atoms with Crippen LogP contribution in [0.15, 0.2) is 41.8 Å². The second-order valence-electron chi connectivity index (χ2n) is 8.48. The van der Waals surface area contributed by atoms with Gasteiger partial charge in [0.1, 0.15) is 11.8 Å². The van der Waals surface area contributed by atoms with Gasteiger partial charge in [-0.3, -0.25) is 14.5 Å². The molecule has 2 unspecified atom stereocenters. The summed E-state index contributed by atoms with van der Waals surface area (Å²) in [5, 5.41) is 6.09. The molecule has 2 heterocycles. The summed E-state index contributed by atoms with van der Waals surface area (Å²) in [6.07, 6.45) is 1.52. The molecular weight excluding hydrogens is 446 g/mol. The van der Waals surface area contributed by atoms with Crippen LogP contribution >= 0.6 is 11.3 Å². The largest absolute Gasteiger partial charge is 0.478 e. The van der Waals surface area contributed by atoms with Crippen LogP contribution in [-0.2, 0) is 22.4 Å². The van der Waals surface area contributed by atoms with E-state index in [1.165, 1.54) is 0 Å². The van der Waals surface area contributed by atoms with Gasteiger partial charge in [-0.2, -0.15) is 0 Å². The molecule has 0 saturated carbocycles. The van der Waals surface area contributed by atoms with Crippen molar-refractivity contribution in [1.29, 1.82) is 0 Å². The lowest BCUT2D eigenvalue weighted by molar-refractivity contribution is -0.129. The molecule has 3 aromatic rings. The van der Waals surface area contributed by atoms with Crippen LogP contribution in [0.1, 0.15) is 50.3 Å². The van der Waals surface area contributed by atoms with Crippen molar-refractivity contribution < 1.29 is 14.3 Å². The fraction of sp³-hybridized carbons (Fsp3) is 0.370. The van der Waals surface area contributed by atoms with Crippen LogP contribution in [-0.4, -0.2) is 28.9 Å². The molecule has 178 valence electrons. The van der Waals surface area contributed by atoms with Crippen LogP contribution in [0.2, 0.25) is 0 Å². The number of carbonyl (C=O) groups excluding carboxylic acids is 2. The first-order valence-corrected chi connectivity index (χ1v) is 12.7. The zero-order chi connectivity index (χ0) is 24.4. The maximum Gasteiger partial charge on any atom is 0.268 e. The third kappa shape index (κ3) is 4.44. The van der Waals surface area contributed by atoms with Crippen molar-refractivity contribution in [3.8, 4) is 17.0 Å². The molecule has 2 aromatic carbocycles. The number of nitrogens with one attached hydrogen (secondary N) is 1. The van der Waals surface area contributed by atoms with E-state index in [9.17, 15) is 9.59 Å². The highest BCUT2D eigenvalue weighted by atomic mass is 32.1. The molecule has 6 nitrogen and oxygen atoms in total. The number of rotatable bonds is 7. The Labute approximate surface area is 205 Å². The Bertz CT molecular complexity index is 1200. The van der Waals surface area contributed by atoms with Crippen molar-refractivity contribution in [2.24, 2.45) is 0 Å². The highest BCUT2D eigenvalue weighted by Gasteiger charge is 2.39. The summed E-state index contributed by atoms with van der Waals surface area (Å²) in [6, 6.07) is 11.1. The average Bonchev–Trinajstić information content (AvgIpc) is 3.29. The van der Waals surface area contributed by atoms with Crippen molar-refractivity contribution >= 4 is 34.5 Å². The van der Waals surface area contributed by atoms with Crippen LogP contribution in [0.5, 0.6) is 5.75 Å². The minimum absolute atomic E-state index is 0.205. The number of carbonyl (C=O) groups is 2. The first-order valence-electron chi connectivity index (χ1n) is 11.9. The quantitative estimate of drug-likeness (QED) is 0.469. The van der Waals surface area contributed by atoms with E-state index in [2.05, 4.69) is 24.1 Å². The standard InChI is InChI=1S/C27H31N3O3S/c1-6-18-10-9-11-19(7-2)25(18)29-26(31)16(4)30-22-14-20(21-15-34-17(5)28-21)12-13-24(22)33-23(8-3)27(30)32/h9-16,23H,6-8H2,1-5H3,(H,29,31). The molecule has 2 atom stereocenters. The summed E-state index contributed by atoms with van der Waals surface area (Å²) in [4.78, 5) is 33.1. The van der Waals surface area contributed by atoms with E-state index in [4.69, 9.17) is 4.74 Å². The zero-order valence-electron chi connectivity index (χ0n) is 20.3. The number of anilines is 2. The van der Waals surface area contributed by atoms with Crippen LogP contribution in [0.3, 0.4) is 0 Å². The molecule has 1 aliphatic heterocycles. The molecule has 0 bridgehead atoms. The number of thiazole rings is 1. The molecule has 0 fully saturated rings.